The maximum atomic E-state index is 13.0. The van der Waals surface area contributed by atoms with E-state index in [-0.39, 0.29) is 25.7 Å². The van der Waals surface area contributed by atoms with Gasteiger partial charge in [-0.2, -0.15) is 0 Å². The number of aliphatic hydroxyl groups is 1. The van der Waals surface area contributed by atoms with Crippen LogP contribution in [0.4, 0.5) is 0 Å². The second-order valence-electron chi connectivity index (χ2n) is 24.6. The summed E-state index contributed by atoms with van der Waals surface area (Å²) in [5.74, 6) is -0.578. The summed E-state index contributed by atoms with van der Waals surface area (Å²) >= 11 is 0. The lowest BCUT2D eigenvalue weighted by Crippen LogP contribution is -2.30. The number of phosphoric acid groups is 2. The molecule has 0 saturated carbocycles. The molecule has 0 radical (unpaired) electrons. The number of unbranched alkanes of at least 4 members (excludes halogenated alkanes) is 34. The Bertz CT molecular complexity index is 1670. The predicted octanol–water partition coefficient (Wildman–Crippen LogP) is 18.4. The second kappa shape index (κ2) is 58.4. The Labute approximate surface area is 517 Å². The number of aliphatic hydroxyl groups excluding tert-OH is 1. The average Bonchev–Trinajstić information content (AvgIpc) is 3.49. The highest BCUT2D eigenvalue weighted by molar-refractivity contribution is 7.47. The van der Waals surface area contributed by atoms with Gasteiger partial charge in [0.15, 0.2) is 12.2 Å². The molecule has 0 fully saturated rings. The van der Waals surface area contributed by atoms with E-state index in [0.717, 1.165) is 108 Å². The Hall–Kier alpha value is -1.94. The fraction of sp³-hybridized carbons (Fsp3) is 0.939. The smallest absolute Gasteiger partial charge is 0.462 e. The van der Waals surface area contributed by atoms with Crippen molar-refractivity contribution in [3.05, 3.63) is 0 Å². The van der Waals surface area contributed by atoms with Crippen LogP contribution in [-0.4, -0.2) is 96.7 Å². The second-order valence-corrected chi connectivity index (χ2v) is 27.5. The van der Waals surface area contributed by atoms with Gasteiger partial charge < -0.3 is 33.8 Å². The molecule has 3 unspecified atom stereocenters. The lowest BCUT2D eigenvalue weighted by Gasteiger charge is -2.21. The van der Waals surface area contributed by atoms with Crippen LogP contribution < -0.4 is 0 Å². The monoisotopic (exact) mass is 1250 g/mol. The topological polar surface area (TPSA) is 237 Å². The largest absolute Gasteiger partial charge is 0.472 e. The summed E-state index contributed by atoms with van der Waals surface area (Å²) < 4.78 is 67.9. The van der Waals surface area contributed by atoms with Gasteiger partial charge in [-0.05, 0) is 37.5 Å². The molecule has 0 amide bonds. The number of hydrogen-bond donors (Lipinski definition) is 3. The summed E-state index contributed by atoms with van der Waals surface area (Å²) in [6, 6.07) is 0. The Morgan fingerprint density at radius 3 is 0.894 bits per heavy atom. The van der Waals surface area contributed by atoms with Crippen LogP contribution in [0.15, 0.2) is 0 Å². The molecule has 0 saturated heterocycles. The summed E-state index contributed by atoms with van der Waals surface area (Å²) in [5.41, 5.74) is 0. The summed E-state index contributed by atoms with van der Waals surface area (Å²) in [6.07, 6.45) is 41.9. The van der Waals surface area contributed by atoms with Gasteiger partial charge in [0.1, 0.15) is 19.3 Å². The molecule has 0 spiro atoms. The summed E-state index contributed by atoms with van der Waals surface area (Å²) in [7, 11) is -9.88. The zero-order valence-electron chi connectivity index (χ0n) is 54.9. The molecular formula is C66H128O17P2. The number of ether oxygens (including phenoxy) is 4. The minimum atomic E-state index is -4.95. The molecular weight excluding hydrogens is 1130 g/mol. The molecule has 3 N–H and O–H groups in total. The van der Waals surface area contributed by atoms with Gasteiger partial charge in [0.2, 0.25) is 0 Å². The van der Waals surface area contributed by atoms with Gasteiger partial charge in [0.25, 0.3) is 0 Å². The van der Waals surface area contributed by atoms with E-state index in [0.29, 0.717) is 25.7 Å². The van der Waals surface area contributed by atoms with Crippen molar-refractivity contribution in [2.45, 2.75) is 349 Å². The molecule has 17 nitrogen and oxygen atoms in total. The van der Waals surface area contributed by atoms with Crippen LogP contribution in [0.5, 0.6) is 0 Å². The standard InChI is InChI=1S/C66H128O17P2/c1-7-10-12-14-15-16-17-18-19-27-32-38-44-50-65(70)82-61(54-76-63(68)48-42-34-13-11-8-2)56-80-84(72,73)78-52-60(67)53-79-85(74,75)81-57-62(55-77-64(69)49-43-37-31-26-22-20-24-29-35-40-46-58(4)5)83-66(71)51-45-39-33-28-23-21-25-30-36-41-47-59(6)9-3/h58-62,67H,7-57H2,1-6H3,(H,72,73)(H,74,75)/t59?,60-,61+,62+/m0/s1. The highest BCUT2D eigenvalue weighted by Gasteiger charge is 2.30. The normalized spacial score (nSPS) is 14.6. The molecule has 504 valence electrons. The third-order valence-corrected chi connectivity index (χ3v) is 17.5. The fourth-order valence-electron chi connectivity index (χ4n) is 9.85. The average molecular weight is 1260 g/mol. The van der Waals surface area contributed by atoms with Crippen LogP contribution in [-0.2, 0) is 65.4 Å². The van der Waals surface area contributed by atoms with Crippen LogP contribution in [0.25, 0.3) is 0 Å². The maximum absolute atomic E-state index is 13.0. The van der Waals surface area contributed by atoms with Crippen molar-refractivity contribution in [3.8, 4) is 0 Å². The van der Waals surface area contributed by atoms with Gasteiger partial charge in [0, 0.05) is 25.7 Å². The maximum Gasteiger partial charge on any atom is 0.472 e. The van der Waals surface area contributed by atoms with Gasteiger partial charge in [-0.1, -0.05) is 279 Å². The van der Waals surface area contributed by atoms with Gasteiger partial charge >= 0.3 is 39.5 Å². The van der Waals surface area contributed by atoms with Crippen molar-refractivity contribution in [2.75, 3.05) is 39.6 Å². The van der Waals surface area contributed by atoms with Crippen LogP contribution in [0.2, 0.25) is 0 Å². The van der Waals surface area contributed by atoms with E-state index in [9.17, 15) is 43.2 Å². The number of esters is 4. The third-order valence-electron chi connectivity index (χ3n) is 15.6. The van der Waals surface area contributed by atoms with Gasteiger partial charge in [-0.15, -0.1) is 0 Å². The highest BCUT2D eigenvalue weighted by atomic mass is 31.2. The Balaban J connectivity index is 5.18. The number of phosphoric ester groups is 2. The third kappa shape index (κ3) is 59.5. The van der Waals surface area contributed by atoms with E-state index in [1.807, 2.05) is 0 Å². The van der Waals surface area contributed by atoms with E-state index in [1.165, 1.54) is 141 Å². The van der Waals surface area contributed by atoms with Crippen LogP contribution in [0.1, 0.15) is 330 Å². The molecule has 0 heterocycles. The van der Waals surface area contributed by atoms with E-state index >= 15 is 0 Å². The molecule has 0 bridgehead atoms. The summed E-state index contributed by atoms with van der Waals surface area (Å²) in [5, 5.41) is 10.5. The molecule has 6 atom stereocenters. The first-order valence-corrected chi connectivity index (χ1v) is 37.5. The zero-order valence-corrected chi connectivity index (χ0v) is 56.7. The molecule has 0 aromatic carbocycles. The number of rotatable bonds is 65. The van der Waals surface area contributed by atoms with Crippen molar-refractivity contribution in [2.24, 2.45) is 11.8 Å². The van der Waals surface area contributed by atoms with E-state index in [2.05, 4.69) is 41.5 Å². The van der Waals surface area contributed by atoms with Gasteiger partial charge in [-0.3, -0.25) is 37.3 Å². The first-order valence-electron chi connectivity index (χ1n) is 34.5. The molecule has 0 aliphatic heterocycles. The van der Waals surface area contributed by atoms with Crippen molar-refractivity contribution >= 4 is 39.5 Å². The molecule has 0 aromatic rings. The van der Waals surface area contributed by atoms with Crippen molar-refractivity contribution < 1.29 is 80.2 Å². The number of carbonyl (C=O) groups excluding carboxylic acids is 4. The minimum Gasteiger partial charge on any atom is -0.462 e. The number of carbonyl (C=O) groups is 4. The molecule has 0 aliphatic carbocycles. The molecule has 19 heteroatoms. The number of hydrogen-bond acceptors (Lipinski definition) is 15. The quantitative estimate of drug-likeness (QED) is 0.0222. The Morgan fingerprint density at radius 2 is 0.600 bits per heavy atom. The van der Waals surface area contributed by atoms with Crippen molar-refractivity contribution in [3.63, 3.8) is 0 Å². The lowest BCUT2D eigenvalue weighted by molar-refractivity contribution is -0.161. The summed E-state index contributed by atoms with van der Waals surface area (Å²) in [4.78, 5) is 72.1. The molecule has 0 aromatic heterocycles. The SMILES string of the molecule is CCCCCCCCCCCCCCCC(=O)O[C@H](COC(=O)CCCCCCC)COP(=O)(O)OC[C@H](O)COP(=O)(O)OC[C@@H](COC(=O)CCCCCCCCCCCCC(C)C)OC(=O)CCCCCCCCCCCCC(C)CC. The van der Waals surface area contributed by atoms with Crippen LogP contribution in [0.3, 0.4) is 0 Å². The first-order chi connectivity index (χ1) is 40.9. The van der Waals surface area contributed by atoms with E-state index in [1.54, 1.807) is 0 Å². The van der Waals surface area contributed by atoms with Crippen molar-refractivity contribution in [1.82, 2.24) is 0 Å². The summed E-state index contributed by atoms with van der Waals surface area (Å²) in [6.45, 7) is 9.45. The predicted molar refractivity (Wildman–Crippen MR) is 340 cm³/mol. The lowest BCUT2D eigenvalue weighted by atomic mass is 9.99. The van der Waals surface area contributed by atoms with E-state index < -0.39 is 97.5 Å². The van der Waals surface area contributed by atoms with Gasteiger partial charge in [0.05, 0.1) is 26.4 Å². The fourth-order valence-corrected chi connectivity index (χ4v) is 11.4. The highest BCUT2D eigenvalue weighted by Crippen LogP contribution is 2.45. The zero-order chi connectivity index (χ0) is 62.9. The van der Waals surface area contributed by atoms with E-state index in [4.69, 9.17) is 37.0 Å². The van der Waals surface area contributed by atoms with Crippen LogP contribution >= 0.6 is 15.6 Å². The first kappa shape index (κ1) is 83.1. The Morgan fingerprint density at radius 1 is 0.341 bits per heavy atom. The molecule has 0 rings (SSSR count). The Kier molecular flexibility index (Phi) is 57.1. The van der Waals surface area contributed by atoms with Crippen LogP contribution in [0, 0.1) is 11.8 Å². The molecule has 0 aliphatic rings. The minimum absolute atomic E-state index is 0.106. The van der Waals surface area contributed by atoms with Crippen molar-refractivity contribution in [1.29, 1.82) is 0 Å². The van der Waals surface area contributed by atoms with Gasteiger partial charge in [-0.25, -0.2) is 9.13 Å². The molecule has 85 heavy (non-hydrogen) atoms.